The number of aryl methyl sites for hydroxylation is 1. The maximum Gasteiger partial charge on any atom is 0.236 e. The van der Waals surface area contributed by atoms with Crippen LogP contribution in [0.2, 0.25) is 0 Å². The molecule has 0 aliphatic rings. The highest BCUT2D eigenvalue weighted by atomic mass is 32.2. The van der Waals surface area contributed by atoms with Gasteiger partial charge in [-0.25, -0.2) is 12.8 Å². The van der Waals surface area contributed by atoms with Gasteiger partial charge in [0.25, 0.3) is 0 Å². The van der Waals surface area contributed by atoms with Crippen LogP contribution in [0.1, 0.15) is 13.8 Å². The summed E-state index contributed by atoms with van der Waals surface area (Å²) in [5, 5.41) is 4.16. The number of nitrogens with one attached hydrogen (secondary N) is 1. The van der Waals surface area contributed by atoms with Crippen molar-refractivity contribution < 1.29 is 17.5 Å². The van der Waals surface area contributed by atoms with Crippen LogP contribution in [0, 0.1) is 11.7 Å². The fourth-order valence-corrected chi connectivity index (χ4v) is 3.81. The van der Waals surface area contributed by atoms with Crippen molar-refractivity contribution in [1.82, 2.24) is 9.78 Å². The second kappa shape index (κ2) is 7.31. The molecule has 0 fully saturated rings. The third kappa shape index (κ3) is 4.55. The fraction of sp³-hybridized carbons (Fsp3) is 0.438. The SMILES string of the molecule is COC(CS(=O)(=O)Nc1cc(-c2ccc(F)cc2)n(C)n1)C(C)C. The summed E-state index contributed by atoms with van der Waals surface area (Å²) in [6.07, 6.45) is -0.400. The summed E-state index contributed by atoms with van der Waals surface area (Å²) in [5.41, 5.74) is 1.42. The van der Waals surface area contributed by atoms with Gasteiger partial charge in [-0.3, -0.25) is 9.40 Å². The van der Waals surface area contributed by atoms with Gasteiger partial charge >= 0.3 is 0 Å². The summed E-state index contributed by atoms with van der Waals surface area (Å²) >= 11 is 0. The molecule has 1 aromatic heterocycles. The predicted molar refractivity (Wildman–Crippen MR) is 91.6 cm³/mol. The Morgan fingerprint density at radius 1 is 1.29 bits per heavy atom. The average molecular weight is 355 g/mol. The van der Waals surface area contributed by atoms with Crippen LogP contribution < -0.4 is 4.72 Å². The van der Waals surface area contributed by atoms with Crippen LogP contribution in [0.4, 0.5) is 10.2 Å². The van der Waals surface area contributed by atoms with Crippen LogP contribution in [0.5, 0.6) is 0 Å². The van der Waals surface area contributed by atoms with Crippen molar-refractivity contribution in [3.63, 3.8) is 0 Å². The molecule has 2 rings (SSSR count). The Morgan fingerprint density at radius 3 is 2.46 bits per heavy atom. The van der Waals surface area contributed by atoms with Gasteiger partial charge in [0, 0.05) is 25.8 Å². The number of methoxy groups -OCH3 is 1. The van der Waals surface area contributed by atoms with E-state index < -0.39 is 16.1 Å². The van der Waals surface area contributed by atoms with Gasteiger partial charge < -0.3 is 4.74 Å². The maximum absolute atomic E-state index is 13.0. The smallest absolute Gasteiger partial charge is 0.236 e. The molecule has 2 aromatic rings. The van der Waals surface area contributed by atoms with Crippen molar-refractivity contribution in [2.24, 2.45) is 13.0 Å². The molecule has 0 spiro atoms. The number of benzene rings is 1. The second-order valence-electron chi connectivity index (χ2n) is 5.95. The van der Waals surface area contributed by atoms with Gasteiger partial charge in [0.05, 0.1) is 17.6 Å². The topological polar surface area (TPSA) is 73.2 Å². The molecule has 1 N–H and O–H groups in total. The first kappa shape index (κ1) is 18.4. The van der Waals surface area contributed by atoms with E-state index in [1.807, 2.05) is 13.8 Å². The highest BCUT2D eigenvalue weighted by molar-refractivity contribution is 7.92. The molecule has 1 heterocycles. The van der Waals surface area contributed by atoms with E-state index in [0.29, 0.717) is 5.69 Å². The summed E-state index contributed by atoms with van der Waals surface area (Å²) in [6.45, 7) is 3.80. The van der Waals surface area contributed by atoms with Gasteiger partial charge in [-0.05, 0) is 30.2 Å². The van der Waals surface area contributed by atoms with Crippen molar-refractivity contribution in [1.29, 1.82) is 0 Å². The number of ether oxygens (including phenoxy) is 1. The molecule has 0 saturated heterocycles. The Balaban J connectivity index is 2.19. The zero-order chi connectivity index (χ0) is 17.9. The lowest BCUT2D eigenvalue weighted by Crippen LogP contribution is -2.31. The van der Waals surface area contributed by atoms with Gasteiger partial charge in [-0.1, -0.05) is 13.8 Å². The van der Waals surface area contributed by atoms with Crippen molar-refractivity contribution in [3.05, 3.63) is 36.1 Å². The second-order valence-corrected chi connectivity index (χ2v) is 7.71. The summed E-state index contributed by atoms with van der Waals surface area (Å²) in [4.78, 5) is 0. The van der Waals surface area contributed by atoms with E-state index >= 15 is 0 Å². The average Bonchev–Trinajstić information content (AvgIpc) is 2.85. The van der Waals surface area contributed by atoms with Crippen molar-refractivity contribution in [3.8, 4) is 11.3 Å². The van der Waals surface area contributed by atoms with E-state index in [4.69, 9.17) is 4.74 Å². The van der Waals surface area contributed by atoms with Gasteiger partial charge in [-0.15, -0.1) is 0 Å². The molecule has 0 bridgehead atoms. The van der Waals surface area contributed by atoms with Gasteiger partial charge in [0.2, 0.25) is 10.0 Å². The van der Waals surface area contributed by atoms with E-state index in [0.717, 1.165) is 5.56 Å². The van der Waals surface area contributed by atoms with E-state index in [1.54, 1.807) is 29.9 Å². The molecule has 24 heavy (non-hydrogen) atoms. The predicted octanol–water partition coefficient (Wildman–Crippen LogP) is 2.64. The van der Waals surface area contributed by atoms with Crippen LogP contribution in [0.25, 0.3) is 11.3 Å². The standard InChI is InChI=1S/C16H22FN3O3S/c1-11(2)15(23-4)10-24(21,22)19-16-9-14(20(3)18-16)12-5-7-13(17)8-6-12/h5-9,11,15H,10H2,1-4H3,(H,18,19). The van der Waals surface area contributed by atoms with E-state index in [-0.39, 0.29) is 23.3 Å². The van der Waals surface area contributed by atoms with Crippen LogP contribution in [-0.4, -0.2) is 37.2 Å². The van der Waals surface area contributed by atoms with Crippen LogP contribution in [0.15, 0.2) is 30.3 Å². The normalized spacial score (nSPS) is 13.2. The summed E-state index contributed by atoms with van der Waals surface area (Å²) < 4.78 is 46.8. The Hall–Kier alpha value is -1.93. The summed E-state index contributed by atoms with van der Waals surface area (Å²) in [5.74, 6) is -0.189. The maximum atomic E-state index is 13.0. The number of rotatable bonds is 7. The molecule has 0 aliphatic heterocycles. The third-order valence-corrected chi connectivity index (χ3v) is 5.00. The lowest BCUT2D eigenvalue weighted by atomic mass is 10.1. The first-order chi connectivity index (χ1) is 11.2. The molecule has 6 nitrogen and oxygen atoms in total. The van der Waals surface area contributed by atoms with Crippen molar-refractivity contribution in [2.45, 2.75) is 20.0 Å². The lowest BCUT2D eigenvalue weighted by molar-refractivity contribution is 0.0829. The molecule has 0 saturated carbocycles. The van der Waals surface area contributed by atoms with Crippen molar-refractivity contribution in [2.75, 3.05) is 17.6 Å². The molecule has 8 heteroatoms. The molecule has 0 radical (unpaired) electrons. The molecule has 1 aromatic carbocycles. The Kier molecular flexibility index (Phi) is 5.61. The molecular weight excluding hydrogens is 333 g/mol. The quantitative estimate of drug-likeness (QED) is 0.829. The molecule has 0 amide bonds. The van der Waals surface area contributed by atoms with Crippen LogP contribution in [-0.2, 0) is 21.8 Å². The first-order valence-corrected chi connectivity index (χ1v) is 9.20. The highest BCUT2D eigenvalue weighted by Crippen LogP contribution is 2.23. The minimum atomic E-state index is -3.59. The largest absolute Gasteiger partial charge is 0.380 e. The minimum Gasteiger partial charge on any atom is -0.380 e. The summed E-state index contributed by atoms with van der Waals surface area (Å²) in [7, 11) is -0.404. The molecule has 1 atom stereocenters. The zero-order valence-corrected chi connectivity index (χ0v) is 15.0. The monoisotopic (exact) mass is 355 g/mol. The molecule has 0 aliphatic carbocycles. The van der Waals surface area contributed by atoms with Gasteiger partial charge in [-0.2, -0.15) is 5.10 Å². The number of hydrogen-bond donors (Lipinski definition) is 1. The molecular formula is C16H22FN3O3S. The first-order valence-electron chi connectivity index (χ1n) is 7.55. The molecule has 1 unspecified atom stereocenters. The highest BCUT2D eigenvalue weighted by Gasteiger charge is 2.23. The number of anilines is 1. The number of hydrogen-bond acceptors (Lipinski definition) is 4. The van der Waals surface area contributed by atoms with Crippen molar-refractivity contribution >= 4 is 15.8 Å². The van der Waals surface area contributed by atoms with Crippen LogP contribution in [0.3, 0.4) is 0 Å². The van der Waals surface area contributed by atoms with E-state index in [1.165, 1.54) is 19.2 Å². The van der Waals surface area contributed by atoms with Gasteiger partial charge in [0.1, 0.15) is 5.82 Å². The fourth-order valence-electron chi connectivity index (χ4n) is 2.36. The van der Waals surface area contributed by atoms with Gasteiger partial charge in [0.15, 0.2) is 5.82 Å². The van der Waals surface area contributed by atoms with E-state index in [9.17, 15) is 12.8 Å². The van der Waals surface area contributed by atoms with Crippen LogP contribution >= 0.6 is 0 Å². The molecule has 132 valence electrons. The number of nitrogens with zero attached hydrogens (tertiary/aromatic N) is 2. The Morgan fingerprint density at radius 2 is 1.92 bits per heavy atom. The number of sulfonamides is 1. The minimum absolute atomic E-state index is 0.0742. The number of aromatic nitrogens is 2. The lowest BCUT2D eigenvalue weighted by Gasteiger charge is -2.19. The zero-order valence-electron chi connectivity index (χ0n) is 14.2. The Labute approximate surface area is 141 Å². The Bertz CT molecular complexity index is 785. The number of halogens is 1. The van der Waals surface area contributed by atoms with E-state index in [2.05, 4.69) is 9.82 Å². The summed E-state index contributed by atoms with van der Waals surface area (Å²) in [6, 6.07) is 7.53. The third-order valence-electron chi connectivity index (χ3n) is 3.71.